The fraction of sp³-hybridized carbons (Fsp3) is 1.00. The van der Waals surface area contributed by atoms with Crippen molar-refractivity contribution in [2.75, 3.05) is 46.4 Å². The number of nitrogens with one attached hydrogen (secondary N) is 1. The number of nitrogens with zero attached hydrogens (tertiary/aromatic N) is 1. The van der Waals surface area contributed by atoms with Crippen LogP contribution in [0.1, 0.15) is 32.6 Å². The van der Waals surface area contributed by atoms with Gasteiger partial charge >= 0.3 is 0 Å². The van der Waals surface area contributed by atoms with Crippen LogP contribution in [0.15, 0.2) is 0 Å². The molecule has 0 aromatic rings. The summed E-state index contributed by atoms with van der Waals surface area (Å²) in [5.41, 5.74) is 0. The number of unbranched alkanes of at least 4 members (excludes halogenated alkanes) is 1. The molecule has 1 fully saturated rings. The summed E-state index contributed by atoms with van der Waals surface area (Å²) in [5, 5.41) is 3.47. The molecule has 16 heavy (non-hydrogen) atoms. The van der Waals surface area contributed by atoms with Gasteiger partial charge in [0.15, 0.2) is 0 Å². The van der Waals surface area contributed by atoms with E-state index in [0.717, 1.165) is 19.1 Å². The van der Waals surface area contributed by atoms with Crippen LogP contribution in [-0.2, 0) is 4.74 Å². The van der Waals surface area contributed by atoms with Crippen molar-refractivity contribution in [2.24, 2.45) is 5.92 Å². The Morgan fingerprint density at radius 1 is 1.31 bits per heavy atom. The van der Waals surface area contributed by atoms with Crippen LogP contribution < -0.4 is 5.32 Å². The van der Waals surface area contributed by atoms with Crippen LogP contribution in [0.2, 0.25) is 0 Å². The van der Waals surface area contributed by atoms with Gasteiger partial charge in [-0.25, -0.2) is 0 Å². The molecule has 0 aromatic carbocycles. The second-order valence-corrected chi connectivity index (χ2v) is 4.84. The van der Waals surface area contributed by atoms with E-state index in [4.69, 9.17) is 4.74 Å². The molecule has 0 radical (unpaired) electrons. The first-order chi connectivity index (χ1) is 7.86. The fourth-order valence-electron chi connectivity index (χ4n) is 2.28. The van der Waals surface area contributed by atoms with E-state index in [2.05, 4.69) is 17.1 Å². The van der Waals surface area contributed by atoms with Crippen LogP contribution >= 0.6 is 0 Å². The zero-order valence-electron chi connectivity index (χ0n) is 11.0. The van der Waals surface area contributed by atoms with Gasteiger partial charge in [0, 0.05) is 13.7 Å². The predicted octanol–water partition coefficient (Wildman–Crippen LogP) is 1.73. The Hall–Kier alpha value is -0.120. The third-order valence-electron chi connectivity index (χ3n) is 3.45. The van der Waals surface area contributed by atoms with Crippen LogP contribution in [0.3, 0.4) is 0 Å². The lowest BCUT2D eigenvalue weighted by Gasteiger charge is -2.32. The molecular formula is C13H28N2O. The number of ether oxygens (including phenoxy) is 1. The molecular weight excluding hydrogens is 200 g/mol. The molecule has 0 aromatic heterocycles. The number of piperidine rings is 1. The normalized spacial score (nSPS) is 19.1. The lowest BCUT2D eigenvalue weighted by molar-refractivity contribution is 0.171. The van der Waals surface area contributed by atoms with Gasteiger partial charge in [0.05, 0.1) is 6.61 Å². The lowest BCUT2D eigenvalue weighted by Crippen LogP contribution is -2.38. The number of rotatable bonds is 8. The Morgan fingerprint density at radius 3 is 2.69 bits per heavy atom. The van der Waals surface area contributed by atoms with Gasteiger partial charge < -0.3 is 15.0 Å². The first-order valence-electron chi connectivity index (χ1n) is 6.78. The minimum atomic E-state index is 0.829. The third-order valence-corrected chi connectivity index (χ3v) is 3.45. The number of hydrogen-bond acceptors (Lipinski definition) is 3. The molecule has 0 saturated carbocycles. The van der Waals surface area contributed by atoms with Gasteiger partial charge in [0.25, 0.3) is 0 Å². The number of likely N-dealkylation sites (tertiary alicyclic amines) is 1. The molecule has 3 nitrogen and oxygen atoms in total. The summed E-state index contributed by atoms with van der Waals surface area (Å²) in [4.78, 5) is 2.62. The molecule has 1 aliphatic rings. The Bertz CT molecular complexity index is 156. The zero-order valence-corrected chi connectivity index (χ0v) is 11.0. The van der Waals surface area contributed by atoms with Gasteiger partial charge in [0.1, 0.15) is 0 Å². The van der Waals surface area contributed by atoms with E-state index in [1.54, 1.807) is 7.11 Å². The van der Waals surface area contributed by atoms with Crippen LogP contribution in [0.25, 0.3) is 0 Å². The SMILES string of the molecule is CCCCN1CCC(CNCCOC)CC1. The van der Waals surface area contributed by atoms with Crippen molar-refractivity contribution in [1.82, 2.24) is 10.2 Å². The topological polar surface area (TPSA) is 24.5 Å². The highest BCUT2D eigenvalue weighted by Gasteiger charge is 2.17. The number of methoxy groups -OCH3 is 1. The van der Waals surface area contributed by atoms with Crippen molar-refractivity contribution in [3.63, 3.8) is 0 Å². The van der Waals surface area contributed by atoms with Crippen molar-refractivity contribution in [2.45, 2.75) is 32.6 Å². The van der Waals surface area contributed by atoms with Crippen molar-refractivity contribution in [3.05, 3.63) is 0 Å². The van der Waals surface area contributed by atoms with E-state index in [1.807, 2.05) is 0 Å². The molecule has 0 aliphatic carbocycles. The highest BCUT2D eigenvalue weighted by molar-refractivity contribution is 4.73. The molecule has 0 spiro atoms. The van der Waals surface area contributed by atoms with Crippen molar-refractivity contribution in [3.8, 4) is 0 Å². The minimum absolute atomic E-state index is 0.829. The maximum atomic E-state index is 5.02. The van der Waals surface area contributed by atoms with Crippen molar-refractivity contribution in [1.29, 1.82) is 0 Å². The monoisotopic (exact) mass is 228 g/mol. The molecule has 0 amide bonds. The van der Waals surface area contributed by atoms with E-state index >= 15 is 0 Å². The number of hydrogen-bond donors (Lipinski definition) is 1. The Morgan fingerprint density at radius 2 is 2.06 bits per heavy atom. The van der Waals surface area contributed by atoms with E-state index in [9.17, 15) is 0 Å². The van der Waals surface area contributed by atoms with E-state index in [1.165, 1.54) is 51.9 Å². The van der Waals surface area contributed by atoms with Gasteiger partial charge in [-0.05, 0) is 51.4 Å². The minimum Gasteiger partial charge on any atom is -0.383 e. The third kappa shape index (κ3) is 5.83. The van der Waals surface area contributed by atoms with Crippen molar-refractivity contribution < 1.29 is 4.74 Å². The van der Waals surface area contributed by atoms with E-state index in [0.29, 0.717) is 0 Å². The second-order valence-electron chi connectivity index (χ2n) is 4.84. The average Bonchev–Trinajstić information content (AvgIpc) is 2.33. The maximum Gasteiger partial charge on any atom is 0.0587 e. The largest absolute Gasteiger partial charge is 0.383 e. The second kappa shape index (κ2) is 8.97. The molecule has 3 heteroatoms. The molecule has 1 heterocycles. The fourth-order valence-corrected chi connectivity index (χ4v) is 2.28. The first-order valence-corrected chi connectivity index (χ1v) is 6.78. The highest BCUT2D eigenvalue weighted by atomic mass is 16.5. The van der Waals surface area contributed by atoms with Crippen LogP contribution in [0.4, 0.5) is 0 Å². The molecule has 1 aliphatic heterocycles. The average molecular weight is 228 g/mol. The van der Waals surface area contributed by atoms with Crippen molar-refractivity contribution >= 4 is 0 Å². The van der Waals surface area contributed by atoms with Gasteiger partial charge in [-0.3, -0.25) is 0 Å². The first kappa shape index (κ1) is 13.9. The molecule has 1 rings (SSSR count). The van der Waals surface area contributed by atoms with Crippen LogP contribution in [0.5, 0.6) is 0 Å². The van der Waals surface area contributed by atoms with Gasteiger partial charge in [-0.2, -0.15) is 0 Å². The Kier molecular flexibility index (Phi) is 7.81. The summed E-state index contributed by atoms with van der Waals surface area (Å²) >= 11 is 0. The zero-order chi connectivity index (χ0) is 11.6. The Balaban J connectivity index is 1.98. The summed E-state index contributed by atoms with van der Waals surface area (Å²) in [7, 11) is 1.76. The summed E-state index contributed by atoms with van der Waals surface area (Å²) in [6.07, 6.45) is 5.41. The van der Waals surface area contributed by atoms with Gasteiger partial charge in [-0.15, -0.1) is 0 Å². The molecule has 0 atom stereocenters. The standard InChI is InChI=1S/C13H28N2O/c1-3-4-8-15-9-5-13(6-10-15)12-14-7-11-16-2/h13-14H,3-12H2,1-2H3. The summed E-state index contributed by atoms with van der Waals surface area (Å²) < 4.78 is 5.02. The molecule has 1 N–H and O–H groups in total. The molecule has 0 bridgehead atoms. The lowest BCUT2D eigenvalue weighted by atomic mass is 9.96. The predicted molar refractivity (Wildman–Crippen MR) is 68.8 cm³/mol. The summed E-state index contributed by atoms with van der Waals surface area (Å²) in [5.74, 6) is 0.884. The summed E-state index contributed by atoms with van der Waals surface area (Å²) in [6.45, 7) is 9.17. The van der Waals surface area contributed by atoms with Crippen LogP contribution in [-0.4, -0.2) is 51.3 Å². The molecule has 1 saturated heterocycles. The smallest absolute Gasteiger partial charge is 0.0587 e. The highest BCUT2D eigenvalue weighted by Crippen LogP contribution is 2.16. The molecule has 0 unspecified atom stereocenters. The van der Waals surface area contributed by atoms with E-state index < -0.39 is 0 Å². The maximum absolute atomic E-state index is 5.02. The molecule has 96 valence electrons. The Labute approximate surface area is 101 Å². The van der Waals surface area contributed by atoms with Crippen LogP contribution in [0, 0.1) is 5.92 Å². The van der Waals surface area contributed by atoms with Gasteiger partial charge in [-0.1, -0.05) is 13.3 Å². The van der Waals surface area contributed by atoms with E-state index in [-0.39, 0.29) is 0 Å². The summed E-state index contributed by atoms with van der Waals surface area (Å²) in [6, 6.07) is 0. The van der Waals surface area contributed by atoms with Gasteiger partial charge in [0.2, 0.25) is 0 Å². The quantitative estimate of drug-likeness (QED) is 0.640.